The molecule has 45 heavy (non-hydrogen) atoms. The summed E-state index contributed by atoms with van der Waals surface area (Å²) in [6, 6.07) is -1.52. The lowest BCUT2D eigenvalue weighted by Crippen LogP contribution is -2.51. The molecule has 1 N–H and O–H groups in total. The van der Waals surface area contributed by atoms with Gasteiger partial charge in [0, 0.05) is 18.6 Å². The number of amides is 3. The van der Waals surface area contributed by atoms with Crippen LogP contribution in [0, 0.1) is 0 Å². The number of ether oxygens (including phenoxy) is 1. The standard InChI is InChI=1S/C30H56N6O8S/c1-9-14-20-30(19-12-4,21-15-10-2)36(23-16-11-3)44-45(39,40)43-35-22-17-18-24(34(13-5)28(35)38)25-32-33-26(41-25)31-27(37)42-29(6,7)8/h24H,9-23H2,1-8H3,(H,31,33,37)/t24-/m0/s1. The maximum absolute atomic E-state index is 13.6. The average molecular weight is 661 g/mol. The largest absolute Gasteiger partial charge is 0.443 e. The van der Waals surface area contributed by atoms with Crippen LogP contribution in [0.5, 0.6) is 0 Å². The minimum absolute atomic E-state index is 0.00626. The molecule has 2 rings (SSSR count). The molecule has 1 aromatic rings. The molecule has 1 aliphatic rings. The molecule has 260 valence electrons. The normalized spacial score (nSPS) is 16.7. The number of carbonyl (C=O) groups is 2. The fraction of sp³-hybridized carbons (Fsp3) is 0.867. The van der Waals surface area contributed by atoms with Crippen LogP contribution >= 0.6 is 0 Å². The van der Waals surface area contributed by atoms with Gasteiger partial charge in [-0.25, -0.2) is 14.9 Å². The highest BCUT2D eigenvalue weighted by molar-refractivity contribution is 7.81. The molecule has 1 saturated heterocycles. The fourth-order valence-electron chi connectivity index (χ4n) is 5.56. The maximum atomic E-state index is 13.6. The van der Waals surface area contributed by atoms with Crippen molar-refractivity contribution >= 4 is 28.5 Å². The lowest BCUT2D eigenvalue weighted by molar-refractivity contribution is -0.171. The molecule has 1 atom stereocenters. The summed E-state index contributed by atoms with van der Waals surface area (Å²) >= 11 is 0. The molecule has 0 radical (unpaired) electrons. The van der Waals surface area contributed by atoms with E-state index in [0.29, 0.717) is 19.4 Å². The van der Waals surface area contributed by atoms with E-state index in [9.17, 15) is 18.0 Å². The molecule has 0 aromatic carbocycles. The lowest BCUT2D eigenvalue weighted by Gasteiger charge is -2.43. The molecule has 1 fully saturated rings. The van der Waals surface area contributed by atoms with E-state index in [1.807, 2.05) is 6.92 Å². The molecule has 14 nitrogen and oxygen atoms in total. The van der Waals surface area contributed by atoms with Crippen LogP contribution in [-0.4, -0.2) is 76.5 Å². The van der Waals surface area contributed by atoms with Gasteiger partial charge in [-0.3, -0.25) is 0 Å². The monoisotopic (exact) mass is 660 g/mol. The topological polar surface area (TPSA) is 157 Å². The Morgan fingerprint density at radius 2 is 1.64 bits per heavy atom. The molecule has 0 saturated carbocycles. The highest BCUT2D eigenvalue weighted by Crippen LogP contribution is 2.36. The number of hydroxylamine groups is 4. The van der Waals surface area contributed by atoms with Crippen LogP contribution in [0.15, 0.2) is 4.42 Å². The molecule has 3 amide bonds. The maximum Gasteiger partial charge on any atom is 0.437 e. The predicted octanol–water partition coefficient (Wildman–Crippen LogP) is 7.12. The molecule has 0 bridgehead atoms. The van der Waals surface area contributed by atoms with Gasteiger partial charge in [0.2, 0.25) is 5.89 Å². The van der Waals surface area contributed by atoms with Crippen molar-refractivity contribution in [2.24, 2.45) is 0 Å². The number of urea groups is 1. The summed E-state index contributed by atoms with van der Waals surface area (Å²) in [7, 11) is -4.66. The number of aromatic nitrogens is 2. The zero-order valence-electron chi connectivity index (χ0n) is 28.6. The zero-order chi connectivity index (χ0) is 33.7. The zero-order valence-corrected chi connectivity index (χ0v) is 29.4. The number of rotatable bonds is 19. The molecule has 0 aliphatic carbocycles. The second-order valence-electron chi connectivity index (χ2n) is 12.6. The van der Waals surface area contributed by atoms with E-state index in [4.69, 9.17) is 17.7 Å². The van der Waals surface area contributed by atoms with Crippen molar-refractivity contribution in [2.75, 3.05) is 25.0 Å². The van der Waals surface area contributed by atoms with Gasteiger partial charge in [-0.15, -0.1) is 9.38 Å². The van der Waals surface area contributed by atoms with Crippen molar-refractivity contribution in [3.63, 3.8) is 0 Å². The molecule has 1 aliphatic heterocycles. The minimum Gasteiger partial charge on any atom is -0.443 e. The van der Waals surface area contributed by atoms with Crippen molar-refractivity contribution in [3.8, 4) is 0 Å². The van der Waals surface area contributed by atoms with Crippen LogP contribution in [0.3, 0.4) is 0 Å². The molecular weight excluding hydrogens is 604 g/mol. The summed E-state index contributed by atoms with van der Waals surface area (Å²) in [5.41, 5.74) is -1.18. The van der Waals surface area contributed by atoms with Gasteiger partial charge < -0.3 is 14.1 Å². The Labute approximate surface area is 269 Å². The Kier molecular flexibility index (Phi) is 15.5. The van der Waals surface area contributed by atoms with Gasteiger partial charge in [0.25, 0.3) is 0 Å². The number of hydrogen-bond donors (Lipinski definition) is 1. The first kappa shape index (κ1) is 38.7. The highest BCUT2D eigenvalue weighted by Gasteiger charge is 2.41. The summed E-state index contributed by atoms with van der Waals surface area (Å²) in [6.07, 6.45) is 8.76. The number of nitrogens with zero attached hydrogens (tertiary/aromatic N) is 5. The molecule has 1 aromatic heterocycles. The number of carbonyl (C=O) groups excluding carboxylic acids is 2. The van der Waals surface area contributed by atoms with Crippen molar-refractivity contribution in [1.82, 2.24) is 25.2 Å². The summed E-state index contributed by atoms with van der Waals surface area (Å²) < 4.78 is 49.0. The summed E-state index contributed by atoms with van der Waals surface area (Å²) in [6.45, 7) is 16.0. The van der Waals surface area contributed by atoms with E-state index in [1.54, 1.807) is 32.8 Å². The molecule has 15 heteroatoms. The van der Waals surface area contributed by atoms with Gasteiger partial charge >= 0.3 is 28.5 Å². The first-order chi connectivity index (χ1) is 21.2. The SMILES string of the molecule is CCCCN(OS(=O)(=O)ON1CCC[C@@H](c2nnc(NC(=O)OC(C)(C)C)o2)N(CC)C1=O)C(CCC)(CCCC)CCCC. The van der Waals surface area contributed by atoms with Gasteiger partial charge in [-0.1, -0.05) is 71.3 Å². The molecule has 0 unspecified atom stereocenters. The third-order valence-corrected chi connectivity index (χ3v) is 8.39. The third-order valence-electron chi connectivity index (χ3n) is 7.66. The highest BCUT2D eigenvalue weighted by atomic mass is 32.3. The summed E-state index contributed by atoms with van der Waals surface area (Å²) in [4.78, 5) is 27.2. The smallest absolute Gasteiger partial charge is 0.437 e. The predicted molar refractivity (Wildman–Crippen MR) is 170 cm³/mol. The Morgan fingerprint density at radius 1 is 1.00 bits per heavy atom. The van der Waals surface area contributed by atoms with E-state index >= 15 is 0 Å². The third kappa shape index (κ3) is 12.0. The van der Waals surface area contributed by atoms with Crippen LogP contribution in [0.2, 0.25) is 0 Å². The van der Waals surface area contributed by atoms with E-state index in [2.05, 4.69) is 36.3 Å². The van der Waals surface area contributed by atoms with Gasteiger partial charge in [-0.05, 0) is 66.2 Å². The molecular formula is C30H56N6O8S. The van der Waals surface area contributed by atoms with Crippen molar-refractivity contribution in [1.29, 1.82) is 0 Å². The van der Waals surface area contributed by atoms with E-state index in [-0.39, 0.29) is 25.0 Å². The van der Waals surface area contributed by atoms with E-state index < -0.39 is 39.7 Å². The number of unbranched alkanes of at least 4 members (excludes halogenated alkanes) is 3. The lowest BCUT2D eigenvalue weighted by atomic mass is 9.82. The van der Waals surface area contributed by atoms with Crippen molar-refractivity contribution in [2.45, 2.75) is 150 Å². The van der Waals surface area contributed by atoms with Gasteiger partial charge in [-0.2, -0.15) is 22.8 Å². The Morgan fingerprint density at radius 3 is 2.20 bits per heavy atom. The van der Waals surface area contributed by atoms with Gasteiger partial charge in [0.1, 0.15) is 11.6 Å². The Hall–Kier alpha value is -2.49. The van der Waals surface area contributed by atoms with Crippen molar-refractivity contribution in [3.05, 3.63) is 5.89 Å². The molecule has 0 spiro atoms. The van der Waals surface area contributed by atoms with E-state index in [1.165, 1.54) is 4.90 Å². The first-order valence-electron chi connectivity index (χ1n) is 16.6. The van der Waals surface area contributed by atoms with Crippen LogP contribution in [0.25, 0.3) is 0 Å². The van der Waals surface area contributed by atoms with E-state index in [0.717, 1.165) is 69.3 Å². The minimum atomic E-state index is -4.66. The fourth-order valence-corrected chi connectivity index (χ4v) is 6.40. The summed E-state index contributed by atoms with van der Waals surface area (Å²) in [5.74, 6) is 0.0964. The summed E-state index contributed by atoms with van der Waals surface area (Å²) in [5, 5.41) is 12.8. The van der Waals surface area contributed by atoms with Crippen molar-refractivity contribution < 1.29 is 35.7 Å². The van der Waals surface area contributed by atoms with Gasteiger partial charge in [0.15, 0.2) is 0 Å². The quantitative estimate of drug-likeness (QED) is 0.151. The second kappa shape index (κ2) is 18.0. The second-order valence-corrected chi connectivity index (χ2v) is 13.7. The van der Waals surface area contributed by atoms with Crippen LogP contribution in [0.4, 0.5) is 15.6 Å². The van der Waals surface area contributed by atoms with Crippen LogP contribution in [-0.2, 0) is 23.7 Å². The number of anilines is 1. The number of hydrogen-bond acceptors (Lipinski definition) is 11. The Balaban J connectivity index is 2.26. The average Bonchev–Trinajstić information content (AvgIpc) is 3.36. The first-order valence-corrected chi connectivity index (χ1v) is 17.9. The number of nitrogens with one attached hydrogen (secondary N) is 1. The molecule has 2 heterocycles. The van der Waals surface area contributed by atoms with Crippen LogP contribution < -0.4 is 5.32 Å². The van der Waals surface area contributed by atoms with Gasteiger partial charge in [0.05, 0.1) is 6.54 Å². The van der Waals surface area contributed by atoms with Crippen LogP contribution in [0.1, 0.15) is 144 Å². The Bertz CT molecular complexity index is 1150.